The summed E-state index contributed by atoms with van der Waals surface area (Å²) in [5, 5.41) is 5.91. The van der Waals surface area contributed by atoms with Crippen LogP contribution in [0, 0.1) is 0 Å². The van der Waals surface area contributed by atoms with Gasteiger partial charge in [0.15, 0.2) is 5.76 Å². The maximum absolute atomic E-state index is 12.4. The summed E-state index contributed by atoms with van der Waals surface area (Å²) in [6, 6.07) is 7.23. The Bertz CT molecular complexity index is 723. The van der Waals surface area contributed by atoms with Crippen molar-refractivity contribution in [2.45, 2.75) is 6.18 Å². The Balaban J connectivity index is 1.79. The Morgan fingerprint density at radius 2 is 1.88 bits per heavy atom. The number of rotatable bonds is 5. The van der Waals surface area contributed by atoms with Crippen LogP contribution in [0.5, 0.6) is 0 Å². The minimum Gasteiger partial charge on any atom is -0.459 e. The van der Waals surface area contributed by atoms with Gasteiger partial charge in [0.25, 0.3) is 11.8 Å². The number of nitrogens with zero attached hydrogens (tertiary/aromatic N) is 1. The summed E-state index contributed by atoms with van der Waals surface area (Å²) < 4.78 is 42.0. The van der Waals surface area contributed by atoms with E-state index in [9.17, 15) is 22.8 Å². The standard InChI is InChI=1S/C15H12F3N3O3/c16-15(17,18)11-5-3-10(4-6-11)8-20-21-13(22)9-19-14(23)12-2-1-7-24-12/h1-8H,9H2,(H,19,23)(H,21,22)/b20-8+. The number of furan rings is 1. The van der Waals surface area contributed by atoms with Crippen LogP contribution in [-0.4, -0.2) is 24.6 Å². The maximum Gasteiger partial charge on any atom is 0.416 e. The van der Waals surface area contributed by atoms with E-state index in [2.05, 4.69) is 15.8 Å². The molecule has 2 rings (SSSR count). The van der Waals surface area contributed by atoms with Gasteiger partial charge in [0, 0.05) is 0 Å². The van der Waals surface area contributed by atoms with Crippen molar-refractivity contribution in [2.75, 3.05) is 6.54 Å². The van der Waals surface area contributed by atoms with Gasteiger partial charge in [-0.15, -0.1) is 0 Å². The number of hydrogen-bond acceptors (Lipinski definition) is 4. The monoisotopic (exact) mass is 339 g/mol. The fourth-order valence-corrected chi connectivity index (χ4v) is 1.63. The Kier molecular flexibility index (Phi) is 5.35. The summed E-state index contributed by atoms with van der Waals surface area (Å²) in [5.41, 5.74) is 1.74. The molecule has 0 bridgehead atoms. The van der Waals surface area contributed by atoms with Gasteiger partial charge < -0.3 is 9.73 Å². The number of carbonyl (C=O) groups excluding carboxylic acids is 2. The molecule has 0 saturated heterocycles. The molecule has 24 heavy (non-hydrogen) atoms. The van der Waals surface area contributed by atoms with E-state index in [1.54, 1.807) is 0 Å². The first kappa shape index (κ1) is 17.3. The quantitative estimate of drug-likeness (QED) is 0.647. The second-order valence-electron chi connectivity index (χ2n) is 4.57. The molecule has 0 radical (unpaired) electrons. The van der Waals surface area contributed by atoms with Gasteiger partial charge in [-0.05, 0) is 29.8 Å². The summed E-state index contributed by atoms with van der Waals surface area (Å²) in [5.74, 6) is -1.09. The Morgan fingerprint density at radius 3 is 2.46 bits per heavy atom. The molecule has 0 fully saturated rings. The zero-order valence-corrected chi connectivity index (χ0v) is 12.1. The zero-order valence-electron chi connectivity index (χ0n) is 12.1. The van der Waals surface area contributed by atoms with E-state index in [0.717, 1.165) is 12.1 Å². The third-order valence-corrected chi connectivity index (χ3v) is 2.80. The fraction of sp³-hybridized carbons (Fsp3) is 0.133. The molecule has 0 spiro atoms. The largest absolute Gasteiger partial charge is 0.459 e. The lowest BCUT2D eigenvalue weighted by molar-refractivity contribution is -0.137. The van der Waals surface area contributed by atoms with Gasteiger partial charge in [-0.2, -0.15) is 18.3 Å². The molecule has 1 heterocycles. The van der Waals surface area contributed by atoms with Gasteiger partial charge in [0.1, 0.15) is 0 Å². The molecular formula is C15H12F3N3O3. The first-order valence-corrected chi connectivity index (χ1v) is 6.67. The van der Waals surface area contributed by atoms with Crippen molar-refractivity contribution < 1.29 is 27.2 Å². The maximum atomic E-state index is 12.4. The van der Waals surface area contributed by atoms with E-state index >= 15 is 0 Å². The lowest BCUT2D eigenvalue weighted by Gasteiger charge is -2.05. The van der Waals surface area contributed by atoms with Crippen molar-refractivity contribution >= 4 is 18.0 Å². The molecule has 1 aromatic heterocycles. The molecule has 1 aromatic carbocycles. The van der Waals surface area contributed by atoms with Crippen LogP contribution in [0.2, 0.25) is 0 Å². The van der Waals surface area contributed by atoms with Crippen LogP contribution >= 0.6 is 0 Å². The number of hydrogen-bond donors (Lipinski definition) is 2. The van der Waals surface area contributed by atoms with E-state index in [4.69, 9.17) is 4.42 Å². The van der Waals surface area contributed by atoms with Gasteiger partial charge in [-0.1, -0.05) is 12.1 Å². The molecule has 2 aromatic rings. The van der Waals surface area contributed by atoms with Crippen molar-refractivity contribution in [3.05, 3.63) is 59.5 Å². The van der Waals surface area contributed by atoms with Crippen LogP contribution in [0.15, 0.2) is 52.2 Å². The van der Waals surface area contributed by atoms with Crippen molar-refractivity contribution in [3.8, 4) is 0 Å². The third-order valence-electron chi connectivity index (χ3n) is 2.80. The number of hydrazone groups is 1. The Hall–Kier alpha value is -3.10. The van der Waals surface area contributed by atoms with Gasteiger partial charge in [0.2, 0.25) is 0 Å². The Morgan fingerprint density at radius 1 is 1.17 bits per heavy atom. The molecule has 9 heteroatoms. The smallest absolute Gasteiger partial charge is 0.416 e. The summed E-state index contributed by atoms with van der Waals surface area (Å²) >= 11 is 0. The van der Waals surface area contributed by atoms with Crippen LogP contribution in [0.1, 0.15) is 21.7 Å². The van der Waals surface area contributed by atoms with Crippen molar-refractivity contribution in [1.29, 1.82) is 0 Å². The predicted octanol–water partition coefficient (Wildman–Crippen LogP) is 2.18. The molecule has 2 N–H and O–H groups in total. The Labute approximate surface area is 134 Å². The van der Waals surface area contributed by atoms with Crippen molar-refractivity contribution in [2.24, 2.45) is 5.10 Å². The predicted molar refractivity (Wildman–Crippen MR) is 78.2 cm³/mol. The SMILES string of the molecule is O=C(CNC(=O)c1ccco1)N/N=C/c1ccc(C(F)(F)F)cc1. The highest BCUT2D eigenvalue weighted by atomic mass is 19.4. The molecule has 0 unspecified atom stereocenters. The first-order chi connectivity index (χ1) is 11.4. The number of halogens is 3. The van der Waals surface area contributed by atoms with Crippen molar-refractivity contribution in [3.63, 3.8) is 0 Å². The average molecular weight is 339 g/mol. The minimum absolute atomic E-state index is 0.0658. The molecule has 0 saturated carbocycles. The number of carbonyl (C=O) groups is 2. The highest BCUT2D eigenvalue weighted by molar-refractivity contribution is 5.94. The van der Waals surface area contributed by atoms with Crippen molar-refractivity contribution in [1.82, 2.24) is 10.7 Å². The molecule has 2 amide bonds. The summed E-state index contributed by atoms with van der Waals surface area (Å²) in [6.07, 6.45) is -1.90. The van der Waals surface area contributed by atoms with Gasteiger partial charge in [-0.3, -0.25) is 9.59 Å². The summed E-state index contributed by atoms with van der Waals surface area (Å²) in [7, 11) is 0. The zero-order chi connectivity index (χ0) is 17.6. The number of nitrogens with one attached hydrogen (secondary N) is 2. The van der Waals surface area contributed by atoms with E-state index in [0.29, 0.717) is 5.56 Å². The van der Waals surface area contributed by atoms with E-state index in [-0.39, 0.29) is 12.3 Å². The lowest BCUT2D eigenvalue weighted by Crippen LogP contribution is -2.34. The highest BCUT2D eigenvalue weighted by Crippen LogP contribution is 2.28. The summed E-state index contributed by atoms with van der Waals surface area (Å²) in [6.45, 7) is -0.329. The molecule has 126 valence electrons. The second kappa shape index (κ2) is 7.44. The van der Waals surface area contributed by atoms with Gasteiger partial charge in [-0.25, -0.2) is 5.43 Å². The molecule has 0 atom stereocenters. The molecule has 0 aliphatic carbocycles. The molecular weight excluding hydrogens is 327 g/mol. The van der Waals surface area contributed by atoms with E-state index in [1.165, 1.54) is 36.7 Å². The van der Waals surface area contributed by atoms with Crippen LogP contribution < -0.4 is 10.7 Å². The van der Waals surface area contributed by atoms with Crippen LogP contribution in [0.4, 0.5) is 13.2 Å². The van der Waals surface area contributed by atoms with Crippen LogP contribution in [-0.2, 0) is 11.0 Å². The second-order valence-corrected chi connectivity index (χ2v) is 4.57. The molecule has 0 aliphatic heterocycles. The summed E-state index contributed by atoms with van der Waals surface area (Å²) in [4.78, 5) is 23.0. The minimum atomic E-state index is -4.41. The first-order valence-electron chi connectivity index (χ1n) is 6.67. The molecule has 6 nitrogen and oxygen atoms in total. The number of alkyl halides is 3. The van der Waals surface area contributed by atoms with Crippen LogP contribution in [0.25, 0.3) is 0 Å². The van der Waals surface area contributed by atoms with Gasteiger partial charge in [0.05, 0.1) is 24.6 Å². The molecule has 0 aliphatic rings. The fourth-order valence-electron chi connectivity index (χ4n) is 1.63. The van der Waals surface area contributed by atoms with E-state index < -0.39 is 23.6 Å². The third kappa shape index (κ3) is 4.97. The average Bonchev–Trinajstić information content (AvgIpc) is 3.07. The number of amides is 2. The highest BCUT2D eigenvalue weighted by Gasteiger charge is 2.29. The van der Waals surface area contributed by atoms with E-state index in [1.807, 2.05) is 0 Å². The number of benzene rings is 1. The van der Waals surface area contributed by atoms with Gasteiger partial charge >= 0.3 is 6.18 Å². The lowest BCUT2D eigenvalue weighted by atomic mass is 10.1. The van der Waals surface area contributed by atoms with Crippen LogP contribution in [0.3, 0.4) is 0 Å². The normalized spacial score (nSPS) is 11.5. The topological polar surface area (TPSA) is 83.7 Å².